The highest BCUT2D eigenvalue weighted by Crippen LogP contribution is 2.30. The molecular weight excluding hydrogens is 306 g/mol. The summed E-state index contributed by atoms with van der Waals surface area (Å²) in [6.07, 6.45) is 1.63. The standard InChI is InChI=1S/C15H10ClN3O3/c16-10-3-6-14(20)12(7-10)13-8-19(18-17-13)11-4-1-9(2-5-11)15(21)22/h1-8,20H,(H,21,22). The van der Waals surface area contributed by atoms with Gasteiger partial charge in [-0.25, -0.2) is 9.48 Å². The van der Waals surface area contributed by atoms with Crippen LogP contribution in [-0.4, -0.2) is 31.2 Å². The normalized spacial score (nSPS) is 10.6. The van der Waals surface area contributed by atoms with E-state index in [2.05, 4.69) is 10.3 Å². The highest BCUT2D eigenvalue weighted by atomic mass is 35.5. The van der Waals surface area contributed by atoms with E-state index in [0.717, 1.165) is 0 Å². The predicted molar refractivity (Wildman–Crippen MR) is 80.4 cm³/mol. The largest absolute Gasteiger partial charge is 0.507 e. The van der Waals surface area contributed by atoms with Crippen molar-refractivity contribution in [2.45, 2.75) is 0 Å². The molecule has 0 aliphatic carbocycles. The molecule has 0 fully saturated rings. The SMILES string of the molecule is O=C(O)c1ccc(-n2cc(-c3cc(Cl)ccc3O)nn2)cc1. The van der Waals surface area contributed by atoms with Gasteiger partial charge in [0.15, 0.2) is 0 Å². The van der Waals surface area contributed by atoms with Crippen molar-refractivity contribution >= 4 is 17.6 Å². The maximum atomic E-state index is 10.8. The first-order chi connectivity index (χ1) is 10.5. The van der Waals surface area contributed by atoms with Gasteiger partial charge in [-0.15, -0.1) is 5.10 Å². The Bertz CT molecular complexity index is 843. The lowest BCUT2D eigenvalue weighted by Crippen LogP contribution is -1.98. The minimum atomic E-state index is -0.991. The molecule has 0 aliphatic heterocycles. The molecule has 1 heterocycles. The minimum absolute atomic E-state index is 0.0534. The van der Waals surface area contributed by atoms with Crippen molar-refractivity contribution in [3.05, 3.63) is 59.2 Å². The van der Waals surface area contributed by atoms with E-state index in [1.54, 1.807) is 30.5 Å². The Labute approximate surface area is 130 Å². The molecule has 0 saturated heterocycles. The molecule has 0 unspecified atom stereocenters. The van der Waals surface area contributed by atoms with Gasteiger partial charge >= 0.3 is 5.97 Å². The van der Waals surface area contributed by atoms with Gasteiger partial charge in [-0.1, -0.05) is 16.8 Å². The molecule has 22 heavy (non-hydrogen) atoms. The molecule has 0 aliphatic rings. The Morgan fingerprint density at radius 1 is 1.14 bits per heavy atom. The third-order valence-corrected chi connectivity index (χ3v) is 3.34. The lowest BCUT2D eigenvalue weighted by atomic mass is 10.1. The Morgan fingerprint density at radius 2 is 1.86 bits per heavy atom. The smallest absolute Gasteiger partial charge is 0.335 e. The molecule has 2 N–H and O–H groups in total. The number of rotatable bonds is 3. The molecule has 0 spiro atoms. The van der Waals surface area contributed by atoms with E-state index >= 15 is 0 Å². The number of aromatic hydroxyl groups is 1. The third kappa shape index (κ3) is 2.64. The Balaban J connectivity index is 1.96. The highest BCUT2D eigenvalue weighted by Gasteiger charge is 2.11. The van der Waals surface area contributed by atoms with Gasteiger partial charge in [0, 0.05) is 10.6 Å². The molecule has 1 aromatic heterocycles. The number of nitrogens with zero attached hydrogens (tertiary/aromatic N) is 3. The lowest BCUT2D eigenvalue weighted by Gasteiger charge is -2.01. The van der Waals surface area contributed by atoms with Crippen molar-refractivity contribution in [3.8, 4) is 22.7 Å². The quantitative estimate of drug-likeness (QED) is 0.775. The van der Waals surface area contributed by atoms with Crippen LogP contribution in [-0.2, 0) is 0 Å². The van der Waals surface area contributed by atoms with E-state index in [-0.39, 0.29) is 11.3 Å². The molecule has 7 heteroatoms. The van der Waals surface area contributed by atoms with E-state index in [1.165, 1.54) is 22.9 Å². The number of carboxylic acids is 1. The molecule has 0 saturated carbocycles. The number of aromatic carboxylic acids is 1. The second kappa shape index (κ2) is 5.50. The molecule has 0 amide bonds. The topological polar surface area (TPSA) is 88.2 Å². The average molecular weight is 316 g/mol. The van der Waals surface area contributed by atoms with Crippen LogP contribution in [0.4, 0.5) is 0 Å². The predicted octanol–water partition coefficient (Wildman–Crippen LogP) is 2.99. The van der Waals surface area contributed by atoms with E-state index in [0.29, 0.717) is 22.0 Å². The van der Waals surface area contributed by atoms with Gasteiger partial charge in [0.05, 0.1) is 17.4 Å². The summed E-state index contributed by atoms with van der Waals surface area (Å²) in [5.41, 5.74) is 1.78. The van der Waals surface area contributed by atoms with Crippen LogP contribution in [0.5, 0.6) is 5.75 Å². The fraction of sp³-hybridized carbons (Fsp3) is 0. The maximum absolute atomic E-state index is 10.8. The van der Waals surface area contributed by atoms with Crippen molar-refractivity contribution in [2.75, 3.05) is 0 Å². The zero-order chi connectivity index (χ0) is 15.7. The molecule has 110 valence electrons. The number of carbonyl (C=O) groups is 1. The van der Waals surface area contributed by atoms with Gasteiger partial charge < -0.3 is 10.2 Å². The Kier molecular flexibility index (Phi) is 3.52. The fourth-order valence-corrected chi connectivity index (χ4v) is 2.16. The minimum Gasteiger partial charge on any atom is -0.507 e. The summed E-state index contributed by atoms with van der Waals surface area (Å²) in [4.78, 5) is 10.8. The monoisotopic (exact) mass is 315 g/mol. The van der Waals surface area contributed by atoms with E-state index < -0.39 is 5.97 Å². The van der Waals surface area contributed by atoms with E-state index in [1.807, 2.05) is 0 Å². The van der Waals surface area contributed by atoms with Gasteiger partial charge in [-0.2, -0.15) is 0 Å². The summed E-state index contributed by atoms with van der Waals surface area (Å²) >= 11 is 5.92. The summed E-state index contributed by atoms with van der Waals surface area (Å²) < 4.78 is 1.49. The number of benzene rings is 2. The van der Waals surface area contributed by atoms with Crippen LogP contribution >= 0.6 is 11.6 Å². The number of aromatic nitrogens is 3. The van der Waals surface area contributed by atoms with E-state index in [9.17, 15) is 9.90 Å². The third-order valence-electron chi connectivity index (χ3n) is 3.11. The van der Waals surface area contributed by atoms with Crippen LogP contribution in [0.25, 0.3) is 16.9 Å². The van der Waals surface area contributed by atoms with Crippen LogP contribution in [0, 0.1) is 0 Å². The summed E-state index contributed by atoms with van der Waals surface area (Å²) in [6.45, 7) is 0. The summed E-state index contributed by atoms with van der Waals surface area (Å²) in [6, 6.07) is 10.9. The molecular formula is C15H10ClN3O3. The molecule has 0 radical (unpaired) electrons. The first-order valence-corrected chi connectivity index (χ1v) is 6.67. The van der Waals surface area contributed by atoms with Crippen LogP contribution in [0.3, 0.4) is 0 Å². The van der Waals surface area contributed by atoms with Crippen LogP contribution in [0.15, 0.2) is 48.7 Å². The van der Waals surface area contributed by atoms with Crippen LogP contribution in [0.1, 0.15) is 10.4 Å². The maximum Gasteiger partial charge on any atom is 0.335 e. The lowest BCUT2D eigenvalue weighted by molar-refractivity contribution is 0.0697. The molecule has 3 rings (SSSR count). The zero-order valence-corrected chi connectivity index (χ0v) is 11.9. The second-order valence-electron chi connectivity index (χ2n) is 4.56. The number of carboxylic acid groups (broad SMARTS) is 1. The van der Waals surface area contributed by atoms with Crippen molar-refractivity contribution in [1.82, 2.24) is 15.0 Å². The van der Waals surface area contributed by atoms with Crippen LogP contribution in [0.2, 0.25) is 5.02 Å². The number of phenolic OH excluding ortho intramolecular Hbond substituents is 1. The number of hydrogen-bond acceptors (Lipinski definition) is 4. The van der Waals surface area contributed by atoms with Crippen LogP contribution < -0.4 is 0 Å². The average Bonchev–Trinajstić information content (AvgIpc) is 2.99. The second-order valence-corrected chi connectivity index (χ2v) is 5.00. The van der Waals surface area contributed by atoms with Gasteiger partial charge in [0.2, 0.25) is 0 Å². The van der Waals surface area contributed by atoms with E-state index in [4.69, 9.17) is 16.7 Å². The first-order valence-electron chi connectivity index (χ1n) is 6.29. The molecule has 2 aromatic carbocycles. The van der Waals surface area contributed by atoms with Gasteiger partial charge in [-0.3, -0.25) is 0 Å². The Morgan fingerprint density at radius 3 is 2.55 bits per heavy atom. The summed E-state index contributed by atoms with van der Waals surface area (Å²) in [7, 11) is 0. The van der Waals surface area contributed by atoms with Gasteiger partial charge in [0.1, 0.15) is 11.4 Å². The molecule has 0 bridgehead atoms. The fourth-order valence-electron chi connectivity index (χ4n) is 1.98. The summed E-state index contributed by atoms with van der Waals surface area (Å²) in [5.74, 6) is -0.938. The van der Waals surface area contributed by atoms with Gasteiger partial charge in [0.25, 0.3) is 0 Å². The van der Waals surface area contributed by atoms with Crippen molar-refractivity contribution in [2.24, 2.45) is 0 Å². The number of halogens is 1. The van der Waals surface area contributed by atoms with Crippen molar-refractivity contribution in [3.63, 3.8) is 0 Å². The molecule has 3 aromatic rings. The molecule has 6 nitrogen and oxygen atoms in total. The number of phenols is 1. The zero-order valence-electron chi connectivity index (χ0n) is 11.1. The van der Waals surface area contributed by atoms with Crippen molar-refractivity contribution < 1.29 is 15.0 Å². The highest BCUT2D eigenvalue weighted by molar-refractivity contribution is 6.30. The number of hydrogen-bond donors (Lipinski definition) is 2. The Hall–Kier alpha value is -2.86. The molecule has 0 atom stereocenters. The van der Waals surface area contributed by atoms with Crippen molar-refractivity contribution in [1.29, 1.82) is 0 Å². The first kappa shape index (κ1) is 14.1. The summed E-state index contributed by atoms with van der Waals surface area (Å²) in [5, 5.41) is 27.2. The van der Waals surface area contributed by atoms with Gasteiger partial charge in [-0.05, 0) is 42.5 Å².